The van der Waals surface area contributed by atoms with Gasteiger partial charge in [0, 0.05) is 13.6 Å². The molecule has 4 nitrogen and oxygen atoms in total. The Morgan fingerprint density at radius 2 is 2.17 bits per heavy atom. The summed E-state index contributed by atoms with van der Waals surface area (Å²) in [4.78, 5) is 0.385. The molecule has 1 aliphatic carbocycles. The van der Waals surface area contributed by atoms with Crippen LogP contribution in [0.2, 0.25) is 0 Å². The number of ether oxygens (including phenoxy) is 1. The molecule has 1 aromatic rings. The van der Waals surface area contributed by atoms with E-state index in [2.05, 4.69) is 15.9 Å². The highest BCUT2D eigenvalue weighted by atomic mass is 79.9. The van der Waals surface area contributed by atoms with Crippen molar-refractivity contribution in [3.63, 3.8) is 0 Å². The van der Waals surface area contributed by atoms with E-state index in [0.29, 0.717) is 21.8 Å². The van der Waals surface area contributed by atoms with E-state index in [1.807, 2.05) is 6.07 Å². The first kappa shape index (κ1) is 12.4. The van der Waals surface area contributed by atoms with Crippen LogP contribution in [0, 0.1) is 5.92 Å². The smallest absolute Gasteiger partial charge is 0.243 e. The third-order valence-corrected chi connectivity index (χ3v) is 5.87. The largest absolute Gasteiger partial charge is 0.492 e. The summed E-state index contributed by atoms with van der Waals surface area (Å²) in [6.45, 7) is 1.14. The highest BCUT2D eigenvalue weighted by Crippen LogP contribution is 2.38. The standard InChI is InChI=1S/C12H14BrNO3S/c1-14-6-9-4-11(17-7-8-2-3-8)10(13)5-12(9)18(14,15)16/h4-5,8H,2-3,6-7H2,1H3. The number of hydrogen-bond acceptors (Lipinski definition) is 3. The van der Waals surface area contributed by atoms with Crippen molar-refractivity contribution in [2.24, 2.45) is 5.92 Å². The SMILES string of the molecule is CN1Cc2cc(OCC3CC3)c(Br)cc2S1(=O)=O. The molecule has 1 fully saturated rings. The Balaban J connectivity index is 1.93. The lowest BCUT2D eigenvalue weighted by atomic mass is 10.2. The number of fused-ring (bicyclic) bond motifs is 1. The van der Waals surface area contributed by atoms with Crippen LogP contribution in [-0.2, 0) is 16.6 Å². The average Bonchev–Trinajstić information content (AvgIpc) is 3.09. The molecule has 0 bridgehead atoms. The molecule has 0 atom stereocenters. The van der Waals surface area contributed by atoms with Crippen molar-refractivity contribution in [1.29, 1.82) is 0 Å². The van der Waals surface area contributed by atoms with Crippen molar-refractivity contribution in [1.82, 2.24) is 4.31 Å². The fraction of sp³-hybridized carbons (Fsp3) is 0.500. The predicted octanol–water partition coefficient (Wildman–Crippen LogP) is 2.37. The first-order valence-corrected chi connectivity index (χ1v) is 8.13. The molecule has 1 aliphatic heterocycles. The maximum absolute atomic E-state index is 12.0. The molecule has 98 valence electrons. The average molecular weight is 332 g/mol. The number of halogens is 1. The van der Waals surface area contributed by atoms with Gasteiger partial charge in [0.1, 0.15) is 5.75 Å². The number of hydrogen-bond donors (Lipinski definition) is 0. The van der Waals surface area contributed by atoms with Crippen LogP contribution in [0.25, 0.3) is 0 Å². The number of sulfonamides is 1. The zero-order valence-electron chi connectivity index (χ0n) is 10.0. The van der Waals surface area contributed by atoms with Crippen molar-refractivity contribution in [2.75, 3.05) is 13.7 Å². The van der Waals surface area contributed by atoms with Gasteiger partial charge in [0.05, 0.1) is 16.0 Å². The molecule has 1 heterocycles. The molecule has 1 aromatic carbocycles. The highest BCUT2D eigenvalue weighted by Gasteiger charge is 2.33. The summed E-state index contributed by atoms with van der Waals surface area (Å²) in [5.74, 6) is 1.42. The molecule has 2 aliphatic rings. The minimum absolute atomic E-state index is 0.385. The van der Waals surface area contributed by atoms with Crippen molar-refractivity contribution in [3.05, 3.63) is 22.2 Å². The Morgan fingerprint density at radius 3 is 2.83 bits per heavy atom. The Morgan fingerprint density at radius 1 is 1.44 bits per heavy atom. The second-order valence-corrected chi connectivity index (χ2v) is 7.77. The zero-order chi connectivity index (χ0) is 12.9. The summed E-state index contributed by atoms with van der Waals surface area (Å²) in [5, 5.41) is 0. The van der Waals surface area contributed by atoms with Gasteiger partial charge in [0.2, 0.25) is 10.0 Å². The lowest BCUT2D eigenvalue weighted by molar-refractivity contribution is 0.297. The van der Waals surface area contributed by atoms with Crippen LogP contribution >= 0.6 is 15.9 Å². The van der Waals surface area contributed by atoms with Crippen molar-refractivity contribution in [2.45, 2.75) is 24.3 Å². The fourth-order valence-corrected chi connectivity index (χ4v) is 4.01. The van der Waals surface area contributed by atoms with Crippen LogP contribution in [0.3, 0.4) is 0 Å². The molecule has 0 radical (unpaired) electrons. The van der Waals surface area contributed by atoms with Crippen molar-refractivity contribution >= 4 is 26.0 Å². The number of nitrogens with zero attached hydrogens (tertiary/aromatic N) is 1. The molecule has 0 saturated heterocycles. The highest BCUT2D eigenvalue weighted by molar-refractivity contribution is 9.10. The number of benzene rings is 1. The van der Waals surface area contributed by atoms with E-state index < -0.39 is 10.0 Å². The Labute approximate surface area is 115 Å². The van der Waals surface area contributed by atoms with E-state index >= 15 is 0 Å². The van der Waals surface area contributed by atoms with E-state index in [-0.39, 0.29) is 0 Å². The van der Waals surface area contributed by atoms with Crippen LogP contribution < -0.4 is 4.74 Å². The van der Waals surface area contributed by atoms with Gasteiger partial charge in [0.15, 0.2) is 0 Å². The molecule has 0 aromatic heterocycles. The van der Waals surface area contributed by atoms with E-state index in [0.717, 1.165) is 17.9 Å². The van der Waals surface area contributed by atoms with E-state index in [1.54, 1.807) is 13.1 Å². The lowest BCUT2D eigenvalue weighted by Crippen LogP contribution is -2.18. The van der Waals surface area contributed by atoms with E-state index in [1.165, 1.54) is 17.1 Å². The predicted molar refractivity (Wildman–Crippen MR) is 71.0 cm³/mol. The summed E-state index contributed by atoms with van der Waals surface area (Å²) >= 11 is 3.38. The van der Waals surface area contributed by atoms with Crippen LogP contribution in [0.15, 0.2) is 21.5 Å². The molecule has 0 amide bonds. The first-order valence-electron chi connectivity index (χ1n) is 5.90. The topological polar surface area (TPSA) is 46.6 Å². The molecule has 18 heavy (non-hydrogen) atoms. The van der Waals surface area contributed by atoms with Crippen LogP contribution in [0.1, 0.15) is 18.4 Å². The first-order chi connectivity index (χ1) is 8.48. The summed E-state index contributed by atoms with van der Waals surface area (Å²) < 4.78 is 31.8. The second kappa shape index (κ2) is 4.21. The van der Waals surface area contributed by atoms with Gasteiger partial charge in [-0.15, -0.1) is 0 Å². The quantitative estimate of drug-likeness (QED) is 0.854. The molecule has 0 N–H and O–H groups in total. The minimum atomic E-state index is -3.29. The van der Waals surface area contributed by atoms with Gasteiger partial charge in [-0.2, -0.15) is 4.31 Å². The molecule has 6 heteroatoms. The van der Waals surface area contributed by atoms with Gasteiger partial charge < -0.3 is 4.74 Å². The Hall–Kier alpha value is -0.590. The fourth-order valence-electron chi connectivity index (χ4n) is 2.04. The zero-order valence-corrected chi connectivity index (χ0v) is 12.4. The van der Waals surface area contributed by atoms with Crippen LogP contribution in [-0.4, -0.2) is 26.4 Å². The molecule has 3 rings (SSSR count). The Bertz CT molecular complexity index is 596. The normalized spacial score (nSPS) is 21.9. The molecular formula is C12H14BrNO3S. The third-order valence-electron chi connectivity index (χ3n) is 3.37. The van der Waals surface area contributed by atoms with Gasteiger partial charge in [-0.25, -0.2) is 8.42 Å². The van der Waals surface area contributed by atoms with Gasteiger partial charge in [-0.05, 0) is 52.4 Å². The molecule has 0 spiro atoms. The van der Waals surface area contributed by atoms with Crippen molar-refractivity contribution < 1.29 is 13.2 Å². The minimum Gasteiger partial charge on any atom is -0.492 e. The summed E-state index contributed by atoms with van der Waals surface area (Å²) in [6, 6.07) is 3.49. The van der Waals surface area contributed by atoms with Crippen LogP contribution in [0.5, 0.6) is 5.75 Å². The van der Waals surface area contributed by atoms with Crippen molar-refractivity contribution in [3.8, 4) is 5.75 Å². The van der Waals surface area contributed by atoms with Gasteiger partial charge >= 0.3 is 0 Å². The third kappa shape index (κ3) is 2.06. The lowest BCUT2D eigenvalue weighted by Gasteiger charge is -2.09. The summed E-state index contributed by atoms with van der Waals surface area (Å²) in [5.41, 5.74) is 0.812. The van der Waals surface area contributed by atoms with E-state index in [4.69, 9.17) is 4.74 Å². The summed E-state index contributed by atoms with van der Waals surface area (Å²) in [6.07, 6.45) is 2.47. The van der Waals surface area contributed by atoms with E-state index in [9.17, 15) is 8.42 Å². The Kier molecular flexibility index (Phi) is 2.91. The molecule has 0 unspecified atom stereocenters. The maximum atomic E-state index is 12.0. The molecule has 1 saturated carbocycles. The monoisotopic (exact) mass is 331 g/mol. The number of rotatable bonds is 3. The van der Waals surface area contributed by atoms with Gasteiger partial charge in [0.25, 0.3) is 0 Å². The molecular weight excluding hydrogens is 318 g/mol. The van der Waals surface area contributed by atoms with Crippen LogP contribution in [0.4, 0.5) is 0 Å². The summed E-state index contributed by atoms with van der Waals surface area (Å²) in [7, 11) is -1.70. The van der Waals surface area contributed by atoms with Gasteiger partial charge in [-0.3, -0.25) is 0 Å². The maximum Gasteiger partial charge on any atom is 0.243 e. The van der Waals surface area contributed by atoms with Gasteiger partial charge in [-0.1, -0.05) is 0 Å². The second-order valence-electron chi connectivity index (χ2n) is 4.91.